The van der Waals surface area contributed by atoms with Crippen molar-refractivity contribution in [3.8, 4) is 0 Å². The van der Waals surface area contributed by atoms with Crippen molar-refractivity contribution in [3.63, 3.8) is 0 Å². The molecule has 0 saturated heterocycles. The molecule has 1 heteroatoms. The standard InChI is InChI=1S/C12H16O/c1-9(2)10(3)12-6-4-11(8-13)5-7-12/h4-7,13H,8H2,1-3H3. The molecule has 0 amide bonds. The van der Waals surface area contributed by atoms with Crippen molar-refractivity contribution < 1.29 is 5.11 Å². The highest BCUT2D eigenvalue weighted by atomic mass is 16.3. The van der Waals surface area contributed by atoms with Gasteiger partial charge in [-0.25, -0.2) is 0 Å². The van der Waals surface area contributed by atoms with Gasteiger partial charge in [-0.15, -0.1) is 0 Å². The van der Waals surface area contributed by atoms with Crippen LogP contribution in [-0.4, -0.2) is 5.11 Å². The molecule has 1 N–H and O–H groups in total. The molecule has 1 rings (SSSR count). The Bertz CT molecular complexity index is 302. The van der Waals surface area contributed by atoms with Gasteiger partial charge in [0.2, 0.25) is 0 Å². The highest BCUT2D eigenvalue weighted by Crippen LogP contribution is 2.18. The van der Waals surface area contributed by atoms with Crippen molar-refractivity contribution in [1.29, 1.82) is 0 Å². The fourth-order valence-corrected chi connectivity index (χ4v) is 1.15. The van der Waals surface area contributed by atoms with E-state index in [1.807, 2.05) is 24.3 Å². The minimum absolute atomic E-state index is 0.119. The first-order chi connectivity index (χ1) is 6.15. The monoisotopic (exact) mass is 176 g/mol. The maximum atomic E-state index is 8.86. The number of aliphatic hydroxyl groups excluding tert-OH is 1. The lowest BCUT2D eigenvalue weighted by molar-refractivity contribution is 0.282. The van der Waals surface area contributed by atoms with Gasteiger partial charge >= 0.3 is 0 Å². The van der Waals surface area contributed by atoms with E-state index < -0.39 is 0 Å². The van der Waals surface area contributed by atoms with Crippen molar-refractivity contribution in [2.75, 3.05) is 0 Å². The molecule has 0 aromatic heterocycles. The lowest BCUT2D eigenvalue weighted by atomic mass is 10.0. The molecule has 0 heterocycles. The molecule has 0 saturated carbocycles. The van der Waals surface area contributed by atoms with Gasteiger partial charge in [0.05, 0.1) is 6.61 Å². The lowest BCUT2D eigenvalue weighted by Crippen LogP contribution is -1.85. The molecular formula is C12H16O. The van der Waals surface area contributed by atoms with Gasteiger partial charge in [-0.2, -0.15) is 0 Å². The zero-order valence-electron chi connectivity index (χ0n) is 8.46. The molecule has 0 bridgehead atoms. The summed E-state index contributed by atoms with van der Waals surface area (Å²) in [6, 6.07) is 8.02. The Morgan fingerprint density at radius 3 is 2.00 bits per heavy atom. The molecule has 0 unspecified atom stereocenters. The van der Waals surface area contributed by atoms with Crippen molar-refractivity contribution in [3.05, 3.63) is 41.0 Å². The SMILES string of the molecule is CC(C)=C(C)c1ccc(CO)cc1. The van der Waals surface area contributed by atoms with Crippen LogP contribution in [-0.2, 0) is 6.61 Å². The Morgan fingerprint density at radius 2 is 1.62 bits per heavy atom. The maximum Gasteiger partial charge on any atom is 0.0681 e. The summed E-state index contributed by atoms with van der Waals surface area (Å²) in [5.74, 6) is 0. The van der Waals surface area contributed by atoms with Gasteiger partial charge in [-0.1, -0.05) is 29.8 Å². The summed E-state index contributed by atoms with van der Waals surface area (Å²) in [4.78, 5) is 0. The molecule has 0 spiro atoms. The third-order valence-electron chi connectivity index (χ3n) is 2.32. The van der Waals surface area contributed by atoms with Gasteiger partial charge in [-0.3, -0.25) is 0 Å². The van der Waals surface area contributed by atoms with Crippen molar-refractivity contribution in [2.45, 2.75) is 27.4 Å². The third-order valence-corrected chi connectivity index (χ3v) is 2.32. The van der Waals surface area contributed by atoms with Gasteiger partial charge < -0.3 is 5.11 Å². The highest BCUT2D eigenvalue weighted by Gasteiger charge is 1.97. The van der Waals surface area contributed by atoms with Gasteiger partial charge in [0.25, 0.3) is 0 Å². The second-order valence-corrected chi connectivity index (χ2v) is 3.48. The van der Waals surface area contributed by atoms with E-state index in [1.165, 1.54) is 16.7 Å². The number of hydrogen-bond acceptors (Lipinski definition) is 1. The molecule has 13 heavy (non-hydrogen) atoms. The van der Waals surface area contributed by atoms with E-state index in [0.29, 0.717) is 0 Å². The largest absolute Gasteiger partial charge is 0.392 e. The predicted molar refractivity (Wildman–Crippen MR) is 56.3 cm³/mol. The molecule has 0 aliphatic carbocycles. The van der Waals surface area contributed by atoms with Gasteiger partial charge in [0.1, 0.15) is 0 Å². The van der Waals surface area contributed by atoms with E-state index in [0.717, 1.165) is 5.56 Å². The molecule has 0 aliphatic heterocycles. The highest BCUT2D eigenvalue weighted by molar-refractivity contribution is 5.66. The van der Waals surface area contributed by atoms with E-state index in [9.17, 15) is 0 Å². The van der Waals surface area contributed by atoms with Crippen LogP contribution in [0, 0.1) is 0 Å². The minimum Gasteiger partial charge on any atom is -0.392 e. The summed E-state index contributed by atoms with van der Waals surface area (Å²) in [5.41, 5.74) is 4.84. The average Bonchev–Trinajstić information content (AvgIpc) is 2.17. The van der Waals surface area contributed by atoms with Gasteiger partial charge in [0.15, 0.2) is 0 Å². The van der Waals surface area contributed by atoms with Crippen LogP contribution in [0.5, 0.6) is 0 Å². The van der Waals surface area contributed by atoms with Crippen LogP contribution in [0.2, 0.25) is 0 Å². The fraction of sp³-hybridized carbons (Fsp3) is 0.333. The molecule has 1 aromatic rings. The average molecular weight is 176 g/mol. The van der Waals surface area contributed by atoms with Crippen LogP contribution in [0.4, 0.5) is 0 Å². The van der Waals surface area contributed by atoms with E-state index in [4.69, 9.17) is 5.11 Å². The van der Waals surface area contributed by atoms with Crippen LogP contribution in [0.25, 0.3) is 5.57 Å². The fourth-order valence-electron chi connectivity index (χ4n) is 1.15. The second kappa shape index (κ2) is 4.24. The summed E-state index contributed by atoms with van der Waals surface area (Å²) < 4.78 is 0. The molecular weight excluding hydrogens is 160 g/mol. The topological polar surface area (TPSA) is 20.2 Å². The number of rotatable bonds is 2. The van der Waals surface area contributed by atoms with E-state index in [-0.39, 0.29) is 6.61 Å². The van der Waals surface area contributed by atoms with Crippen LogP contribution in [0.1, 0.15) is 31.9 Å². The Balaban J connectivity index is 2.99. The zero-order valence-corrected chi connectivity index (χ0v) is 8.46. The summed E-state index contributed by atoms with van der Waals surface area (Å²) >= 11 is 0. The Hall–Kier alpha value is -1.08. The van der Waals surface area contributed by atoms with E-state index >= 15 is 0 Å². The molecule has 0 radical (unpaired) electrons. The van der Waals surface area contributed by atoms with Crippen molar-refractivity contribution >= 4 is 5.57 Å². The third kappa shape index (κ3) is 2.43. The Kier molecular flexibility index (Phi) is 3.26. The quantitative estimate of drug-likeness (QED) is 0.734. The first-order valence-corrected chi connectivity index (χ1v) is 4.49. The van der Waals surface area contributed by atoms with Crippen LogP contribution in [0.15, 0.2) is 29.8 Å². The smallest absolute Gasteiger partial charge is 0.0681 e. The number of hydrogen-bond donors (Lipinski definition) is 1. The number of benzene rings is 1. The molecule has 70 valence electrons. The van der Waals surface area contributed by atoms with E-state index in [1.54, 1.807) is 0 Å². The first kappa shape index (κ1) is 10.0. The normalized spacial score (nSPS) is 9.85. The number of allylic oxidation sites excluding steroid dienone is 2. The molecule has 0 atom stereocenters. The summed E-state index contributed by atoms with van der Waals surface area (Å²) in [7, 11) is 0. The van der Waals surface area contributed by atoms with Crippen molar-refractivity contribution in [1.82, 2.24) is 0 Å². The molecule has 0 aliphatic rings. The summed E-state index contributed by atoms with van der Waals surface area (Å²) in [5, 5.41) is 8.86. The van der Waals surface area contributed by atoms with Crippen molar-refractivity contribution in [2.24, 2.45) is 0 Å². The maximum absolute atomic E-state index is 8.86. The number of aliphatic hydroxyl groups is 1. The summed E-state index contributed by atoms with van der Waals surface area (Å²) in [6.45, 7) is 6.45. The minimum atomic E-state index is 0.119. The van der Waals surface area contributed by atoms with Crippen LogP contribution in [0.3, 0.4) is 0 Å². The van der Waals surface area contributed by atoms with Crippen LogP contribution < -0.4 is 0 Å². The first-order valence-electron chi connectivity index (χ1n) is 4.49. The van der Waals surface area contributed by atoms with E-state index in [2.05, 4.69) is 20.8 Å². The zero-order chi connectivity index (χ0) is 9.84. The Morgan fingerprint density at radius 1 is 1.08 bits per heavy atom. The van der Waals surface area contributed by atoms with Crippen LogP contribution >= 0.6 is 0 Å². The Labute approximate surface area is 79.7 Å². The van der Waals surface area contributed by atoms with Gasteiger partial charge in [0, 0.05) is 0 Å². The van der Waals surface area contributed by atoms with Gasteiger partial charge in [-0.05, 0) is 37.5 Å². The molecule has 1 nitrogen and oxygen atoms in total. The molecule has 0 fully saturated rings. The predicted octanol–water partition coefficient (Wildman–Crippen LogP) is 2.99. The summed E-state index contributed by atoms with van der Waals surface area (Å²) in [6.07, 6.45) is 0. The second-order valence-electron chi connectivity index (χ2n) is 3.48. The molecule has 1 aromatic carbocycles. The lowest BCUT2D eigenvalue weighted by Gasteiger charge is -2.04.